The van der Waals surface area contributed by atoms with Gasteiger partial charge in [-0.3, -0.25) is 0 Å². The molecule has 1 N–H and O–H groups in total. The van der Waals surface area contributed by atoms with Gasteiger partial charge in [-0.1, -0.05) is 23.7 Å². The molecule has 0 saturated heterocycles. The SMILES string of the molecule is OC(CCc1ccco1)c1cccc(Cl)c1. The lowest BCUT2D eigenvalue weighted by Crippen LogP contribution is -1.99. The standard InChI is InChI=1S/C13H13ClO2/c14-11-4-1-3-10(9-11)13(15)7-6-12-5-2-8-16-12/h1-5,8-9,13,15H,6-7H2. The average Bonchev–Trinajstić information content (AvgIpc) is 2.78. The molecule has 0 aliphatic carbocycles. The molecule has 1 aromatic carbocycles. The zero-order chi connectivity index (χ0) is 11.4. The van der Waals surface area contributed by atoms with E-state index in [0.717, 1.165) is 17.7 Å². The number of furan rings is 1. The predicted molar refractivity (Wildman–Crippen MR) is 63.4 cm³/mol. The first kappa shape index (κ1) is 11.2. The van der Waals surface area contributed by atoms with Crippen LogP contribution in [0, 0.1) is 0 Å². The Morgan fingerprint density at radius 1 is 1.25 bits per heavy atom. The van der Waals surface area contributed by atoms with Crippen LogP contribution in [0.25, 0.3) is 0 Å². The zero-order valence-corrected chi connectivity index (χ0v) is 9.52. The van der Waals surface area contributed by atoms with E-state index in [1.165, 1.54) is 0 Å². The molecule has 0 aliphatic rings. The summed E-state index contributed by atoms with van der Waals surface area (Å²) in [6.07, 6.45) is 2.50. The van der Waals surface area contributed by atoms with Gasteiger partial charge in [0.2, 0.25) is 0 Å². The van der Waals surface area contributed by atoms with Crippen LogP contribution in [0.15, 0.2) is 47.1 Å². The van der Waals surface area contributed by atoms with Gasteiger partial charge in [-0.05, 0) is 36.2 Å². The minimum absolute atomic E-state index is 0.496. The summed E-state index contributed by atoms with van der Waals surface area (Å²) < 4.78 is 5.21. The molecule has 1 unspecified atom stereocenters. The van der Waals surface area contributed by atoms with Gasteiger partial charge in [-0.25, -0.2) is 0 Å². The van der Waals surface area contributed by atoms with Crippen LogP contribution >= 0.6 is 11.6 Å². The first-order chi connectivity index (χ1) is 7.75. The monoisotopic (exact) mass is 236 g/mol. The second-order valence-electron chi connectivity index (χ2n) is 3.69. The Kier molecular flexibility index (Phi) is 3.65. The molecule has 1 aromatic heterocycles. The van der Waals surface area contributed by atoms with Crippen LogP contribution in [0.5, 0.6) is 0 Å². The fourth-order valence-corrected chi connectivity index (χ4v) is 1.81. The van der Waals surface area contributed by atoms with Gasteiger partial charge >= 0.3 is 0 Å². The molecule has 1 atom stereocenters. The summed E-state index contributed by atoms with van der Waals surface area (Å²) in [7, 11) is 0. The van der Waals surface area contributed by atoms with Crippen molar-refractivity contribution in [1.29, 1.82) is 0 Å². The fourth-order valence-electron chi connectivity index (χ4n) is 1.61. The van der Waals surface area contributed by atoms with Crippen molar-refractivity contribution in [2.24, 2.45) is 0 Å². The Hall–Kier alpha value is -1.25. The number of aryl methyl sites for hydroxylation is 1. The van der Waals surface area contributed by atoms with Crippen molar-refractivity contribution in [1.82, 2.24) is 0 Å². The molecule has 3 heteroatoms. The van der Waals surface area contributed by atoms with Crippen molar-refractivity contribution in [2.75, 3.05) is 0 Å². The Balaban J connectivity index is 1.95. The Morgan fingerprint density at radius 2 is 2.12 bits per heavy atom. The van der Waals surface area contributed by atoms with Crippen molar-refractivity contribution in [3.8, 4) is 0 Å². The third-order valence-electron chi connectivity index (χ3n) is 2.48. The molecule has 1 heterocycles. The lowest BCUT2D eigenvalue weighted by atomic mass is 10.0. The normalized spacial score (nSPS) is 12.6. The zero-order valence-electron chi connectivity index (χ0n) is 8.77. The summed E-state index contributed by atoms with van der Waals surface area (Å²) in [5, 5.41) is 10.6. The number of benzene rings is 1. The largest absolute Gasteiger partial charge is 0.469 e. The molecular formula is C13H13ClO2. The summed E-state index contributed by atoms with van der Waals surface area (Å²) in [5.41, 5.74) is 0.846. The van der Waals surface area contributed by atoms with E-state index in [1.54, 1.807) is 18.4 Å². The topological polar surface area (TPSA) is 33.4 Å². The summed E-state index contributed by atoms with van der Waals surface area (Å²) in [4.78, 5) is 0. The first-order valence-corrected chi connectivity index (χ1v) is 5.59. The lowest BCUT2D eigenvalue weighted by molar-refractivity contribution is 0.165. The van der Waals surface area contributed by atoms with Gasteiger partial charge in [-0.15, -0.1) is 0 Å². The third kappa shape index (κ3) is 2.87. The molecule has 0 bridgehead atoms. The molecule has 0 fully saturated rings. The van der Waals surface area contributed by atoms with Crippen LogP contribution in [-0.2, 0) is 6.42 Å². The van der Waals surface area contributed by atoms with E-state index in [0.29, 0.717) is 11.4 Å². The lowest BCUT2D eigenvalue weighted by Gasteiger charge is -2.10. The fraction of sp³-hybridized carbons (Fsp3) is 0.231. The van der Waals surface area contributed by atoms with E-state index in [9.17, 15) is 5.11 Å². The van der Waals surface area contributed by atoms with E-state index in [4.69, 9.17) is 16.0 Å². The maximum atomic E-state index is 9.94. The number of aliphatic hydroxyl groups excluding tert-OH is 1. The Bertz CT molecular complexity index is 437. The van der Waals surface area contributed by atoms with Crippen molar-refractivity contribution in [3.05, 3.63) is 59.0 Å². The molecule has 0 amide bonds. The third-order valence-corrected chi connectivity index (χ3v) is 2.71. The summed E-state index contributed by atoms with van der Waals surface area (Å²) >= 11 is 5.86. The highest BCUT2D eigenvalue weighted by Crippen LogP contribution is 2.21. The van der Waals surface area contributed by atoms with Gasteiger partial charge in [0.05, 0.1) is 12.4 Å². The average molecular weight is 237 g/mol. The van der Waals surface area contributed by atoms with Crippen molar-refractivity contribution in [3.63, 3.8) is 0 Å². The molecular weight excluding hydrogens is 224 g/mol. The molecule has 16 heavy (non-hydrogen) atoms. The van der Waals surface area contributed by atoms with Gasteiger partial charge in [-0.2, -0.15) is 0 Å². The quantitative estimate of drug-likeness (QED) is 0.880. The molecule has 0 radical (unpaired) electrons. The van der Waals surface area contributed by atoms with E-state index in [1.807, 2.05) is 24.3 Å². The van der Waals surface area contributed by atoms with Crippen LogP contribution in [0.3, 0.4) is 0 Å². The number of aliphatic hydroxyl groups is 1. The maximum absolute atomic E-state index is 9.94. The second-order valence-corrected chi connectivity index (χ2v) is 4.13. The van der Waals surface area contributed by atoms with E-state index in [-0.39, 0.29) is 0 Å². The van der Waals surface area contributed by atoms with E-state index < -0.39 is 6.10 Å². The van der Waals surface area contributed by atoms with Gasteiger partial charge in [0.1, 0.15) is 5.76 Å². The van der Waals surface area contributed by atoms with Crippen molar-refractivity contribution < 1.29 is 9.52 Å². The van der Waals surface area contributed by atoms with Gasteiger partial charge in [0.25, 0.3) is 0 Å². The summed E-state index contributed by atoms with van der Waals surface area (Å²) in [6, 6.07) is 11.1. The van der Waals surface area contributed by atoms with E-state index in [2.05, 4.69) is 0 Å². The predicted octanol–water partition coefficient (Wildman–Crippen LogP) is 3.60. The van der Waals surface area contributed by atoms with Crippen molar-refractivity contribution >= 4 is 11.6 Å². The molecule has 2 aromatic rings. The van der Waals surface area contributed by atoms with Crippen LogP contribution in [0.4, 0.5) is 0 Å². The highest BCUT2D eigenvalue weighted by atomic mass is 35.5. The minimum Gasteiger partial charge on any atom is -0.469 e. The van der Waals surface area contributed by atoms with E-state index >= 15 is 0 Å². The van der Waals surface area contributed by atoms with Crippen LogP contribution in [0.1, 0.15) is 23.8 Å². The van der Waals surface area contributed by atoms with Crippen LogP contribution in [-0.4, -0.2) is 5.11 Å². The molecule has 84 valence electrons. The maximum Gasteiger partial charge on any atom is 0.103 e. The summed E-state index contributed by atoms with van der Waals surface area (Å²) in [6.45, 7) is 0. The van der Waals surface area contributed by atoms with Crippen LogP contribution < -0.4 is 0 Å². The van der Waals surface area contributed by atoms with Crippen LogP contribution in [0.2, 0.25) is 5.02 Å². The number of halogens is 1. The minimum atomic E-state index is -0.496. The highest BCUT2D eigenvalue weighted by molar-refractivity contribution is 6.30. The smallest absolute Gasteiger partial charge is 0.103 e. The molecule has 0 saturated carbocycles. The van der Waals surface area contributed by atoms with Gasteiger partial charge in [0.15, 0.2) is 0 Å². The number of hydrogen-bond acceptors (Lipinski definition) is 2. The second kappa shape index (κ2) is 5.19. The Labute approximate surface area is 99.5 Å². The molecule has 2 rings (SSSR count). The molecule has 2 nitrogen and oxygen atoms in total. The Morgan fingerprint density at radius 3 is 2.81 bits per heavy atom. The number of hydrogen-bond donors (Lipinski definition) is 1. The molecule has 0 spiro atoms. The van der Waals surface area contributed by atoms with Crippen molar-refractivity contribution in [2.45, 2.75) is 18.9 Å². The first-order valence-electron chi connectivity index (χ1n) is 5.21. The molecule has 0 aliphatic heterocycles. The number of rotatable bonds is 4. The van der Waals surface area contributed by atoms with Gasteiger partial charge in [0, 0.05) is 11.4 Å². The van der Waals surface area contributed by atoms with Gasteiger partial charge < -0.3 is 9.52 Å². The highest BCUT2D eigenvalue weighted by Gasteiger charge is 2.08. The summed E-state index contributed by atoms with van der Waals surface area (Å²) in [5.74, 6) is 0.890.